The molecule has 2 heterocycles. The number of amidine groups is 1. The summed E-state index contributed by atoms with van der Waals surface area (Å²) in [6.07, 6.45) is 2.76. The van der Waals surface area contributed by atoms with Gasteiger partial charge in [-0.2, -0.15) is 0 Å². The Morgan fingerprint density at radius 1 is 1.24 bits per heavy atom. The molecule has 1 N–H and O–H groups in total. The van der Waals surface area contributed by atoms with Crippen LogP contribution in [0.4, 0.5) is 4.39 Å². The Hall–Kier alpha value is -2.63. The van der Waals surface area contributed by atoms with Gasteiger partial charge in [-0.1, -0.05) is 25.1 Å². The normalized spacial score (nSPS) is 21.2. The van der Waals surface area contributed by atoms with E-state index in [1.54, 1.807) is 30.5 Å². The van der Waals surface area contributed by atoms with Crippen LogP contribution in [0.3, 0.4) is 0 Å². The molecule has 0 saturated carbocycles. The Morgan fingerprint density at radius 3 is 2.68 bits per heavy atom. The fourth-order valence-electron chi connectivity index (χ4n) is 3.40. The topological polar surface area (TPSA) is 58.0 Å². The first-order valence-corrected chi connectivity index (χ1v) is 8.42. The summed E-state index contributed by atoms with van der Waals surface area (Å²) in [7, 11) is 0. The molecule has 1 aromatic heterocycles. The van der Waals surface area contributed by atoms with E-state index < -0.39 is 0 Å². The van der Waals surface area contributed by atoms with Gasteiger partial charge in [-0.15, -0.1) is 0 Å². The standard InChI is InChI=1S/C19H22FN3O2/c1-13-8-14(2)12-23(11-13)19(22-24)15-6-7-21-18(9-15)25-17-5-3-4-16(20)10-17/h3-7,9-10,13-14,24H,8,11-12H2,1-2H3/b22-19-. The molecule has 0 bridgehead atoms. The van der Waals surface area contributed by atoms with Gasteiger partial charge in [-0.05, 0) is 36.5 Å². The third-order valence-electron chi connectivity index (χ3n) is 4.27. The number of hydrogen-bond donors (Lipinski definition) is 1. The second kappa shape index (κ2) is 7.51. The van der Waals surface area contributed by atoms with Crippen molar-refractivity contribution in [1.29, 1.82) is 0 Å². The summed E-state index contributed by atoms with van der Waals surface area (Å²) >= 11 is 0. The summed E-state index contributed by atoms with van der Waals surface area (Å²) in [5, 5.41) is 13.1. The highest BCUT2D eigenvalue weighted by Gasteiger charge is 2.25. The van der Waals surface area contributed by atoms with Crippen LogP contribution in [0.5, 0.6) is 11.6 Å². The van der Waals surface area contributed by atoms with Crippen LogP contribution in [0, 0.1) is 17.7 Å². The van der Waals surface area contributed by atoms with Crippen molar-refractivity contribution < 1.29 is 14.3 Å². The molecule has 1 fully saturated rings. The molecule has 0 aliphatic carbocycles. The van der Waals surface area contributed by atoms with Crippen molar-refractivity contribution >= 4 is 5.84 Å². The molecule has 1 aliphatic rings. The molecule has 0 amide bonds. The zero-order valence-corrected chi connectivity index (χ0v) is 14.4. The van der Waals surface area contributed by atoms with Crippen molar-refractivity contribution in [2.75, 3.05) is 13.1 Å². The molecular weight excluding hydrogens is 321 g/mol. The van der Waals surface area contributed by atoms with E-state index in [9.17, 15) is 9.60 Å². The Morgan fingerprint density at radius 2 is 2.00 bits per heavy atom. The largest absolute Gasteiger partial charge is 0.439 e. The van der Waals surface area contributed by atoms with Gasteiger partial charge in [0, 0.05) is 37.0 Å². The molecule has 5 nitrogen and oxygen atoms in total. The smallest absolute Gasteiger partial charge is 0.219 e. The maximum absolute atomic E-state index is 13.3. The Balaban J connectivity index is 1.82. The van der Waals surface area contributed by atoms with E-state index in [-0.39, 0.29) is 5.82 Å². The minimum absolute atomic E-state index is 0.322. The molecule has 2 unspecified atom stereocenters. The zero-order valence-electron chi connectivity index (χ0n) is 14.4. The molecule has 0 spiro atoms. The van der Waals surface area contributed by atoms with Crippen LogP contribution in [-0.2, 0) is 0 Å². The van der Waals surface area contributed by atoms with Crippen LogP contribution < -0.4 is 4.74 Å². The van der Waals surface area contributed by atoms with E-state index >= 15 is 0 Å². The van der Waals surface area contributed by atoms with Gasteiger partial charge in [0.2, 0.25) is 5.88 Å². The number of likely N-dealkylation sites (tertiary alicyclic amines) is 1. The zero-order chi connectivity index (χ0) is 17.8. The van der Waals surface area contributed by atoms with Crippen LogP contribution in [0.25, 0.3) is 0 Å². The molecule has 132 valence electrons. The van der Waals surface area contributed by atoms with Crippen molar-refractivity contribution in [3.8, 4) is 11.6 Å². The number of oxime groups is 1. The van der Waals surface area contributed by atoms with Crippen molar-refractivity contribution in [1.82, 2.24) is 9.88 Å². The van der Waals surface area contributed by atoms with Crippen LogP contribution in [0.2, 0.25) is 0 Å². The maximum atomic E-state index is 13.3. The fraction of sp³-hybridized carbons (Fsp3) is 0.368. The van der Waals surface area contributed by atoms with Crippen molar-refractivity contribution in [2.24, 2.45) is 17.0 Å². The third-order valence-corrected chi connectivity index (χ3v) is 4.27. The van der Waals surface area contributed by atoms with E-state index in [1.807, 2.05) is 0 Å². The number of pyridine rings is 1. The number of ether oxygens (including phenoxy) is 1. The SMILES string of the molecule is CC1CC(C)CN(/C(=N\O)c2ccnc(Oc3cccc(F)c3)c2)C1. The summed E-state index contributed by atoms with van der Waals surface area (Å²) in [4.78, 5) is 6.24. The van der Waals surface area contributed by atoms with Crippen molar-refractivity contribution in [3.63, 3.8) is 0 Å². The minimum atomic E-state index is -0.373. The lowest BCUT2D eigenvalue weighted by Gasteiger charge is -2.36. The second-order valence-electron chi connectivity index (χ2n) is 6.72. The molecule has 1 aromatic carbocycles. The van der Waals surface area contributed by atoms with E-state index in [4.69, 9.17) is 4.74 Å². The molecule has 2 aromatic rings. The van der Waals surface area contributed by atoms with Gasteiger partial charge in [0.05, 0.1) is 0 Å². The summed E-state index contributed by atoms with van der Waals surface area (Å²) in [5.41, 5.74) is 0.713. The highest BCUT2D eigenvalue weighted by Crippen LogP contribution is 2.25. The van der Waals surface area contributed by atoms with E-state index in [1.165, 1.54) is 18.6 Å². The first-order valence-electron chi connectivity index (χ1n) is 8.42. The summed E-state index contributed by atoms with van der Waals surface area (Å²) in [6, 6.07) is 9.36. The van der Waals surface area contributed by atoms with E-state index in [2.05, 4.69) is 28.9 Å². The molecule has 1 saturated heterocycles. The van der Waals surface area contributed by atoms with Crippen LogP contribution >= 0.6 is 0 Å². The van der Waals surface area contributed by atoms with Gasteiger partial charge in [0.15, 0.2) is 5.84 Å². The molecule has 6 heteroatoms. The summed E-state index contributed by atoms with van der Waals surface area (Å²) in [5.74, 6) is 1.89. The number of benzene rings is 1. The summed E-state index contributed by atoms with van der Waals surface area (Å²) in [6.45, 7) is 6.07. The van der Waals surface area contributed by atoms with Gasteiger partial charge in [0.1, 0.15) is 11.6 Å². The Labute approximate surface area is 146 Å². The highest BCUT2D eigenvalue weighted by atomic mass is 19.1. The molecule has 1 aliphatic heterocycles. The average Bonchev–Trinajstić information content (AvgIpc) is 2.55. The second-order valence-corrected chi connectivity index (χ2v) is 6.72. The quantitative estimate of drug-likeness (QED) is 0.394. The first-order chi connectivity index (χ1) is 12.0. The van der Waals surface area contributed by atoms with Crippen molar-refractivity contribution in [2.45, 2.75) is 20.3 Å². The molecule has 2 atom stereocenters. The number of halogens is 1. The van der Waals surface area contributed by atoms with Crippen LogP contribution in [0.15, 0.2) is 47.8 Å². The number of hydrogen-bond acceptors (Lipinski definition) is 4. The number of aromatic nitrogens is 1. The van der Waals surface area contributed by atoms with Crippen LogP contribution in [-0.4, -0.2) is 34.0 Å². The molecule has 25 heavy (non-hydrogen) atoms. The van der Waals surface area contributed by atoms with Crippen molar-refractivity contribution in [3.05, 3.63) is 54.0 Å². The van der Waals surface area contributed by atoms with Gasteiger partial charge in [0.25, 0.3) is 0 Å². The van der Waals surface area contributed by atoms with Gasteiger partial charge < -0.3 is 14.8 Å². The van der Waals surface area contributed by atoms with Gasteiger partial charge in [-0.3, -0.25) is 0 Å². The lowest BCUT2D eigenvalue weighted by atomic mass is 9.91. The maximum Gasteiger partial charge on any atom is 0.219 e. The molecule has 3 rings (SSSR count). The minimum Gasteiger partial charge on any atom is -0.439 e. The number of piperidine rings is 1. The fourth-order valence-corrected chi connectivity index (χ4v) is 3.40. The van der Waals surface area contributed by atoms with E-state index in [0.29, 0.717) is 34.9 Å². The van der Waals surface area contributed by atoms with E-state index in [0.717, 1.165) is 13.1 Å². The number of rotatable bonds is 3. The lowest BCUT2D eigenvalue weighted by molar-refractivity contribution is 0.204. The number of nitrogens with zero attached hydrogens (tertiary/aromatic N) is 3. The highest BCUT2D eigenvalue weighted by molar-refractivity contribution is 5.98. The monoisotopic (exact) mass is 343 g/mol. The average molecular weight is 343 g/mol. The third kappa shape index (κ3) is 4.26. The predicted molar refractivity (Wildman–Crippen MR) is 93.6 cm³/mol. The molecule has 0 radical (unpaired) electrons. The summed E-state index contributed by atoms with van der Waals surface area (Å²) < 4.78 is 18.9. The van der Waals surface area contributed by atoms with Crippen LogP contribution in [0.1, 0.15) is 25.8 Å². The lowest BCUT2D eigenvalue weighted by Crippen LogP contribution is -2.43. The Bertz CT molecular complexity index is 756. The van der Waals surface area contributed by atoms with Gasteiger partial charge >= 0.3 is 0 Å². The first kappa shape index (κ1) is 17.2. The Kier molecular flexibility index (Phi) is 5.16. The van der Waals surface area contributed by atoms with Gasteiger partial charge in [-0.25, -0.2) is 9.37 Å². The predicted octanol–water partition coefficient (Wildman–Crippen LogP) is 4.13. The molecular formula is C19H22FN3O2.